The molecule has 1 fully saturated rings. The molecule has 6 rings (SSSR count). The van der Waals surface area contributed by atoms with Crippen LogP contribution in [0.3, 0.4) is 0 Å². The van der Waals surface area contributed by atoms with Gasteiger partial charge in [0.05, 0.1) is 28.8 Å². The first-order valence-corrected chi connectivity index (χ1v) is 11.9. The molecule has 2 atom stereocenters. The Bertz CT molecular complexity index is 1640. The van der Waals surface area contributed by atoms with Crippen LogP contribution in [0, 0.1) is 24.6 Å². The molecule has 1 N–H and O–H groups in total. The second-order valence-corrected chi connectivity index (χ2v) is 9.57. The summed E-state index contributed by atoms with van der Waals surface area (Å²) in [5.41, 5.74) is 4.41. The number of carboxylic acid groups (broad SMARTS) is 1. The largest absolute Gasteiger partial charge is 0.481 e. The van der Waals surface area contributed by atoms with Crippen molar-refractivity contribution < 1.29 is 14.3 Å². The number of aliphatic carboxylic acids is 1. The number of carbonyl (C=O) groups is 1. The van der Waals surface area contributed by atoms with Gasteiger partial charge in [-0.15, -0.1) is 0 Å². The molecule has 1 aliphatic rings. The molecule has 1 saturated heterocycles. The van der Waals surface area contributed by atoms with Crippen molar-refractivity contribution in [2.24, 2.45) is 18.9 Å². The third-order valence-electron chi connectivity index (χ3n) is 7.18. The Hall–Kier alpha value is -4.27. The number of aromatic nitrogens is 5. The molecule has 36 heavy (non-hydrogen) atoms. The lowest BCUT2D eigenvalue weighted by Gasteiger charge is -2.17. The molecule has 4 heterocycles. The van der Waals surface area contributed by atoms with E-state index >= 15 is 0 Å². The summed E-state index contributed by atoms with van der Waals surface area (Å²) in [7, 11) is 1.88. The Balaban J connectivity index is 1.47. The predicted molar refractivity (Wildman–Crippen MR) is 136 cm³/mol. The third-order valence-corrected chi connectivity index (χ3v) is 7.18. The molecular formula is C27H25FN6O2. The van der Waals surface area contributed by atoms with Crippen LogP contribution < -0.4 is 4.90 Å². The summed E-state index contributed by atoms with van der Waals surface area (Å²) in [6.45, 7) is 4.77. The number of anilines is 1. The number of rotatable bonds is 4. The van der Waals surface area contributed by atoms with Crippen molar-refractivity contribution in [2.45, 2.75) is 13.8 Å². The number of pyridine rings is 1. The SMILES string of the molecule is Cc1c(F)ccc2c(-c3cccc4nn(C)cc34)nn(-c3ccc(N4CC(C)C(C(=O)O)C4)nc3)c12. The van der Waals surface area contributed by atoms with Crippen LogP contribution in [0.25, 0.3) is 38.8 Å². The molecular weight excluding hydrogens is 459 g/mol. The number of halogens is 1. The lowest BCUT2D eigenvalue weighted by molar-refractivity contribution is -0.142. The van der Waals surface area contributed by atoms with E-state index < -0.39 is 11.9 Å². The monoisotopic (exact) mass is 484 g/mol. The lowest BCUT2D eigenvalue weighted by Crippen LogP contribution is -2.23. The average molecular weight is 485 g/mol. The van der Waals surface area contributed by atoms with E-state index in [1.54, 1.807) is 28.6 Å². The summed E-state index contributed by atoms with van der Waals surface area (Å²) in [5.74, 6) is -0.732. The first kappa shape index (κ1) is 22.2. The summed E-state index contributed by atoms with van der Waals surface area (Å²) in [6, 6.07) is 12.9. The molecule has 5 aromatic rings. The minimum atomic E-state index is -0.779. The maximum Gasteiger partial charge on any atom is 0.308 e. The van der Waals surface area contributed by atoms with Crippen molar-refractivity contribution in [3.63, 3.8) is 0 Å². The van der Waals surface area contributed by atoms with Crippen LogP contribution >= 0.6 is 0 Å². The number of aryl methyl sites for hydroxylation is 2. The van der Waals surface area contributed by atoms with Crippen LogP contribution in [0.2, 0.25) is 0 Å². The quantitative estimate of drug-likeness (QED) is 0.402. The first-order chi connectivity index (χ1) is 17.3. The number of nitrogens with zero attached hydrogens (tertiary/aromatic N) is 6. The highest BCUT2D eigenvalue weighted by Crippen LogP contribution is 2.36. The number of carboxylic acids is 1. The highest BCUT2D eigenvalue weighted by Gasteiger charge is 2.35. The number of hydrogen-bond acceptors (Lipinski definition) is 5. The minimum Gasteiger partial charge on any atom is -0.481 e. The number of fused-ring (bicyclic) bond motifs is 2. The molecule has 8 nitrogen and oxygen atoms in total. The van der Waals surface area contributed by atoms with Gasteiger partial charge in [0.2, 0.25) is 0 Å². The second kappa shape index (κ2) is 8.15. The Morgan fingerprint density at radius 1 is 1.08 bits per heavy atom. The van der Waals surface area contributed by atoms with Gasteiger partial charge >= 0.3 is 5.97 Å². The standard InChI is InChI=1S/C27H25FN6O2/c1-15-12-33(14-20(15)27(35)36)24-10-7-17(11-29-24)34-26-16(2)22(28)9-8-19(26)25(31-34)18-5-4-6-23-21(18)13-32(3)30-23/h4-11,13,15,20H,12,14H2,1-3H3,(H,35,36). The summed E-state index contributed by atoms with van der Waals surface area (Å²) in [5, 5.41) is 20.7. The molecule has 0 saturated carbocycles. The zero-order chi connectivity index (χ0) is 25.1. The molecule has 9 heteroatoms. The van der Waals surface area contributed by atoms with Crippen molar-refractivity contribution in [3.05, 3.63) is 66.2 Å². The molecule has 2 aromatic carbocycles. The Morgan fingerprint density at radius 3 is 2.64 bits per heavy atom. The van der Waals surface area contributed by atoms with Gasteiger partial charge in [-0.3, -0.25) is 9.48 Å². The summed E-state index contributed by atoms with van der Waals surface area (Å²) in [4.78, 5) is 18.1. The van der Waals surface area contributed by atoms with Crippen molar-refractivity contribution in [1.82, 2.24) is 24.5 Å². The van der Waals surface area contributed by atoms with Gasteiger partial charge in [0.1, 0.15) is 17.3 Å². The predicted octanol–water partition coefficient (Wildman–Crippen LogP) is 4.58. The molecule has 182 valence electrons. The number of benzene rings is 2. The van der Waals surface area contributed by atoms with E-state index in [0.29, 0.717) is 35.7 Å². The van der Waals surface area contributed by atoms with E-state index in [1.807, 2.05) is 55.4 Å². The fraction of sp³-hybridized carbons (Fsp3) is 0.259. The van der Waals surface area contributed by atoms with Gasteiger partial charge in [0.15, 0.2) is 0 Å². The normalized spacial score (nSPS) is 17.9. The van der Waals surface area contributed by atoms with Crippen molar-refractivity contribution in [2.75, 3.05) is 18.0 Å². The summed E-state index contributed by atoms with van der Waals surface area (Å²) < 4.78 is 18.2. The van der Waals surface area contributed by atoms with Crippen LogP contribution in [-0.2, 0) is 11.8 Å². The molecule has 3 aromatic heterocycles. The molecule has 0 radical (unpaired) electrons. The van der Waals surface area contributed by atoms with Crippen LogP contribution in [-0.4, -0.2) is 48.7 Å². The smallest absolute Gasteiger partial charge is 0.308 e. The minimum absolute atomic E-state index is 0.0439. The lowest BCUT2D eigenvalue weighted by atomic mass is 9.99. The topological polar surface area (TPSA) is 89.1 Å². The molecule has 2 unspecified atom stereocenters. The van der Waals surface area contributed by atoms with Gasteiger partial charge < -0.3 is 10.0 Å². The summed E-state index contributed by atoms with van der Waals surface area (Å²) in [6.07, 6.45) is 3.67. The van der Waals surface area contributed by atoms with E-state index in [9.17, 15) is 14.3 Å². The van der Waals surface area contributed by atoms with E-state index in [-0.39, 0.29) is 11.7 Å². The van der Waals surface area contributed by atoms with E-state index in [0.717, 1.165) is 27.5 Å². The number of hydrogen-bond donors (Lipinski definition) is 1. The van der Waals surface area contributed by atoms with E-state index in [4.69, 9.17) is 5.10 Å². The van der Waals surface area contributed by atoms with Gasteiger partial charge in [-0.05, 0) is 43.2 Å². The Kier molecular flexibility index (Phi) is 5.03. The zero-order valence-corrected chi connectivity index (χ0v) is 20.2. The highest BCUT2D eigenvalue weighted by atomic mass is 19.1. The zero-order valence-electron chi connectivity index (χ0n) is 20.2. The Morgan fingerprint density at radius 2 is 1.92 bits per heavy atom. The Labute approximate surface area is 206 Å². The van der Waals surface area contributed by atoms with Gasteiger partial charge in [-0.1, -0.05) is 19.1 Å². The van der Waals surface area contributed by atoms with Gasteiger partial charge in [0.25, 0.3) is 0 Å². The maximum atomic E-state index is 14.7. The summed E-state index contributed by atoms with van der Waals surface area (Å²) >= 11 is 0. The van der Waals surface area contributed by atoms with Gasteiger partial charge in [-0.2, -0.15) is 10.2 Å². The van der Waals surface area contributed by atoms with E-state index in [2.05, 4.69) is 10.1 Å². The van der Waals surface area contributed by atoms with Crippen LogP contribution in [0.5, 0.6) is 0 Å². The third kappa shape index (κ3) is 3.42. The molecule has 0 bridgehead atoms. The average Bonchev–Trinajstić information content (AvgIpc) is 3.55. The van der Waals surface area contributed by atoms with Crippen LogP contribution in [0.1, 0.15) is 12.5 Å². The second-order valence-electron chi connectivity index (χ2n) is 9.57. The fourth-order valence-electron chi connectivity index (χ4n) is 5.26. The van der Waals surface area contributed by atoms with Crippen molar-refractivity contribution >= 4 is 33.6 Å². The maximum absolute atomic E-state index is 14.7. The molecule has 0 aliphatic carbocycles. The van der Waals surface area contributed by atoms with Crippen LogP contribution in [0.4, 0.5) is 10.2 Å². The van der Waals surface area contributed by atoms with Crippen molar-refractivity contribution in [3.8, 4) is 16.9 Å². The fourth-order valence-corrected chi connectivity index (χ4v) is 5.26. The van der Waals surface area contributed by atoms with E-state index in [1.165, 1.54) is 6.07 Å². The van der Waals surface area contributed by atoms with Crippen molar-refractivity contribution in [1.29, 1.82) is 0 Å². The van der Waals surface area contributed by atoms with Gasteiger partial charge in [0, 0.05) is 48.2 Å². The van der Waals surface area contributed by atoms with Gasteiger partial charge in [-0.25, -0.2) is 14.1 Å². The molecule has 0 amide bonds. The molecule has 0 spiro atoms. The molecule has 1 aliphatic heterocycles. The highest BCUT2D eigenvalue weighted by molar-refractivity contribution is 6.03. The van der Waals surface area contributed by atoms with Crippen LogP contribution in [0.15, 0.2) is 54.9 Å². The first-order valence-electron chi connectivity index (χ1n) is 11.9.